The molecule has 2 aromatic rings. The number of aromatic nitrogens is 3. The maximum atomic E-state index is 11.1. The highest BCUT2D eigenvalue weighted by Gasteiger charge is 2.32. The van der Waals surface area contributed by atoms with Crippen molar-refractivity contribution in [2.45, 2.75) is 12.3 Å². The van der Waals surface area contributed by atoms with Gasteiger partial charge < -0.3 is 15.8 Å². The zero-order valence-corrected chi connectivity index (χ0v) is 9.03. The molecule has 2 heterocycles. The number of carbonyl (C=O) groups is 1. The van der Waals surface area contributed by atoms with E-state index in [1.807, 2.05) is 12.3 Å². The SMILES string of the molecule is NCC1Cc2cc[nH]c2-c2n[nH]c(C(=O)O)c21. The summed E-state index contributed by atoms with van der Waals surface area (Å²) in [4.78, 5) is 14.2. The largest absolute Gasteiger partial charge is 0.477 e. The van der Waals surface area contributed by atoms with Crippen LogP contribution in [-0.4, -0.2) is 32.8 Å². The van der Waals surface area contributed by atoms with Gasteiger partial charge in [0.1, 0.15) is 11.4 Å². The Hall–Kier alpha value is -2.08. The number of carboxylic acid groups (broad SMARTS) is 1. The van der Waals surface area contributed by atoms with Crippen LogP contribution in [0.5, 0.6) is 0 Å². The fourth-order valence-corrected chi connectivity index (χ4v) is 2.46. The Balaban J connectivity index is 2.24. The van der Waals surface area contributed by atoms with E-state index in [0.29, 0.717) is 12.2 Å². The summed E-state index contributed by atoms with van der Waals surface area (Å²) in [7, 11) is 0. The molecule has 0 bridgehead atoms. The Morgan fingerprint density at radius 3 is 3.18 bits per heavy atom. The lowest BCUT2D eigenvalue weighted by molar-refractivity contribution is 0.0688. The van der Waals surface area contributed by atoms with Gasteiger partial charge in [-0.2, -0.15) is 5.10 Å². The lowest BCUT2D eigenvalue weighted by Gasteiger charge is -2.20. The molecule has 1 aliphatic rings. The highest BCUT2D eigenvalue weighted by atomic mass is 16.4. The van der Waals surface area contributed by atoms with Crippen molar-refractivity contribution in [2.75, 3.05) is 6.54 Å². The average Bonchev–Trinajstić information content (AvgIpc) is 2.93. The topological polar surface area (TPSA) is 108 Å². The molecule has 0 aliphatic heterocycles. The molecule has 3 rings (SSSR count). The molecule has 6 nitrogen and oxygen atoms in total. The maximum absolute atomic E-state index is 11.1. The van der Waals surface area contributed by atoms with Gasteiger partial charge in [0.25, 0.3) is 0 Å². The van der Waals surface area contributed by atoms with Gasteiger partial charge in [-0.15, -0.1) is 0 Å². The van der Waals surface area contributed by atoms with Gasteiger partial charge in [0.05, 0.1) is 5.69 Å². The van der Waals surface area contributed by atoms with Crippen molar-refractivity contribution in [1.29, 1.82) is 0 Å². The van der Waals surface area contributed by atoms with E-state index < -0.39 is 5.97 Å². The first-order chi connectivity index (χ1) is 8.22. The van der Waals surface area contributed by atoms with Crippen LogP contribution in [0.25, 0.3) is 11.4 Å². The van der Waals surface area contributed by atoms with Gasteiger partial charge in [-0.25, -0.2) is 4.79 Å². The molecule has 2 aromatic heterocycles. The van der Waals surface area contributed by atoms with Crippen molar-refractivity contribution < 1.29 is 9.90 Å². The highest BCUT2D eigenvalue weighted by molar-refractivity contribution is 5.90. The molecule has 88 valence electrons. The van der Waals surface area contributed by atoms with Gasteiger partial charge >= 0.3 is 5.97 Å². The molecule has 0 fully saturated rings. The predicted octanol–water partition coefficient (Wildman–Crippen LogP) is 0.701. The number of nitrogens with two attached hydrogens (primary N) is 1. The van der Waals surface area contributed by atoms with Gasteiger partial charge in [-0.1, -0.05) is 0 Å². The van der Waals surface area contributed by atoms with Crippen molar-refractivity contribution in [3.63, 3.8) is 0 Å². The van der Waals surface area contributed by atoms with E-state index in [1.165, 1.54) is 0 Å². The summed E-state index contributed by atoms with van der Waals surface area (Å²) in [5, 5.41) is 15.8. The molecule has 0 radical (unpaired) electrons. The van der Waals surface area contributed by atoms with Crippen molar-refractivity contribution in [3.05, 3.63) is 29.1 Å². The van der Waals surface area contributed by atoms with Gasteiger partial charge in [0.2, 0.25) is 0 Å². The number of hydrogen-bond acceptors (Lipinski definition) is 3. The normalized spacial score (nSPS) is 17.6. The van der Waals surface area contributed by atoms with E-state index >= 15 is 0 Å². The summed E-state index contributed by atoms with van der Waals surface area (Å²) < 4.78 is 0. The first-order valence-electron chi connectivity index (χ1n) is 5.40. The van der Waals surface area contributed by atoms with E-state index in [1.54, 1.807) is 0 Å². The summed E-state index contributed by atoms with van der Waals surface area (Å²) >= 11 is 0. The number of rotatable bonds is 2. The summed E-state index contributed by atoms with van der Waals surface area (Å²) in [6.07, 6.45) is 2.59. The molecule has 0 saturated carbocycles. The predicted molar refractivity (Wildman–Crippen MR) is 60.8 cm³/mol. The zero-order chi connectivity index (χ0) is 12.0. The number of nitrogens with zero attached hydrogens (tertiary/aromatic N) is 1. The molecule has 1 unspecified atom stereocenters. The minimum absolute atomic E-state index is 0.0122. The third-order valence-corrected chi connectivity index (χ3v) is 3.25. The third kappa shape index (κ3) is 1.31. The van der Waals surface area contributed by atoms with E-state index in [2.05, 4.69) is 15.2 Å². The van der Waals surface area contributed by atoms with Crippen LogP contribution in [0.2, 0.25) is 0 Å². The fourth-order valence-electron chi connectivity index (χ4n) is 2.46. The number of aromatic amines is 2. The Bertz CT molecular complexity index is 584. The van der Waals surface area contributed by atoms with Gasteiger partial charge in [0, 0.05) is 17.7 Å². The number of aromatic carboxylic acids is 1. The minimum Gasteiger partial charge on any atom is -0.477 e. The summed E-state index contributed by atoms with van der Waals surface area (Å²) in [5.41, 5.74) is 9.31. The maximum Gasteiger partial charge on any atom is 0.354 e. The average molecular weight is 232 g/mol. The van der Waals surface area contributed by atoms with Crippen molar-refractivity contribution >= 4 is 5.97 Å². The molecule has 0 aromatic carbocycles. The molecular formula is C11H12N4O2. The second-order valence-corrected chi connectivity index (χ2v) is 4.18. The van der Waals surface area contributed by atoms with Crippen LogP contribution in [0.15, 0.2) is 12.3 Å². The quantitative estimate of drug-likeness (QED) is 0.611. The molecule has 0 spiro atoms. The monoisotopic (exact) mass is 232 g/mol. The number of nitrogens with one attached hydrogen (secondary N) is 2. The lowest BCUT2D eigenvalue weighted by Crippen LogP contribution is -2.20. The standard InChI is InChI=1S/C11H12N4O2/c12-4-6-3-5-1-2-13-8(5)9-7(6)10(11(16)17)15-14-9/h1-2,6,13H,3-4,12H2,(H,14,15)(H,16,17). The molecule has 17 heavy (non-hydrogen) atoms. The van der Waals surface area contributed by atoms with Crippen LogP contribution in [-0.2, 0) is 6.42 Å². The Morgan fingerprint density at radius 1 is 1.65 bits per heavy atom. The highest BCUT2D eigenvalue weighted by Crippen LogP contribution is 2.38. The molecule has 0 saturated heterocycles. The second-order valence-electron chi connectivity index (χ2n) is 4.18. The fraction of sp³-hybridized carbons (Fsp3) is 0.273. The first-order valence-corrected chi connectivity index (χ1v) is 5.40. The van der Waals surface area contributed by atoms with Crippen LogP contribution >= 0.6 is 0 Å². The Labute approximate surface area is 96.8 Å². The lowest BCUT2D eigenvalue weighted by atomic mass is 9.84. The zero-order valence-electron chi connectivity index (χ0n) is 9.03. The van der Waals surface area contributed by atoms with Crippen molar-refractivity contribution in [1.82, 2.24) is 15.2 Å². The molecule has 1 aliphatic carbocycles. The van der Waals surface area contributed by atoms with Crippen molar-refractivity contribution in [3.8, 4) is 11.4 Å². The van der Waals surface area contributed by atoms with Gasteiger partial charge in [-0.05, 0) is 24.6 Å². The second kappa shape index (κ2) is 3.46. The van der Waals surface area contributed by atoms with Crippen LogP contribution < -0.4 is 5.73 Å². The summed E-state index contributed by atoms with van der Waals surface area (Å²) in [6.45, 7) is 0.414. The van der Waals surface area contributed by atoms with Crippen LogP contribution in [0.4, 0.5) is 0 Å². The van der Waals surface area contributed by atoms with Crippen molar-refractivity contribution in [2.24, 2.45) is 5.73 Å². The number of hydrogen-bond donors (Lipinski definition) is 4. The molecular weight excluding hydrogens is 220 g/mol. The van der Waals surface area contributed by atoms with E-state index in [9.17, 15) is 4.79 Å². The van der Waals surface area contributed by atoms with E-state index in [-0.39, 0.29) is 11.6 Å². The molecule has 5 N–H and O–H groups in total. The minimum atomic E-state index is -0.993. The summed E-state index contributed by atoms with van der Waals surface area (Å²) in [6, 6.07) is 1.98. The smallest absolute Gasteiger partial charge is 0.354 e. The Kier molecular flexibility index (Phi) is 2.05. The number of carboxylic acids is 1. The molecule has 6 heteroatoms. The Morgan fingerprint density at radius 2 is 2.47 bits per heavy atom. The van der Waals surface area contributed by atoms with E-state index in [0.717, 1.165) is 23.2 Å². The summed E-state index contributed by atoms with van der Waals surface area (Å²) in [5.74, 6) is -0.981. The molecule has 0 amide bonds. The number of H-pyrrole nitrogens is 2. The van der Waals surface area contributed by atoms with Gasteiger partial charge in [-0.3, -0.25) is 5.10 Å². The van der Waals surface area contributed by atoms with Crippen LogP contribution in [0, 0.1) is 0 Å². The van der Waals surface area contributed by atoms with E-state index in [4.69, 9.17) is 10.8 Å². The third-order valence-electron chi connectivity index (χ3n) is 3.25. The van der Waals surface area contributed by atoms with Crippen LogP contribution in [0.3, 0.4) is 0 Å². The van der Waals surface area contributed by atoms with Gasteiger partial charge in [0.15, 0.2) is 0 Å². The first kappa shape index (κ1) is 10.1. The van der Waals surface area contributed by atoms with Crippen LogP contribution in [0.1, 0.15) is 27.5 Å². The molecule has 1 atom stereocenters. The number of fused-ring (bicyclic) bond motifs is 3.